The Kier molecular flexibility index (Phi) is 6.36. The van der Waals surface area contributed by atoms with Gasteiger partial charge < -0.3 is 14.8 Å². The third-order valence-corrected chi connectivity index (χ3v) is 6.25. The number of aromatic nitrogens is 2. The zero-order valence-corrected chi connectivity index (χ0v) is 20.0. The molecule has 0 atom stereocenters. The standard InChI is InChI=1S/C27H22N4O3S/c1-33-22-14-13-18(15-23(22)34-2)25-19(17-31(30-25)21-11-7-4-8-12-21)16-24-26(32)29-27(35-24)28-20-9-5-3-6-10-20/h3-17H,1-2H3,(H,28,29,32). The maximum atomic E-state index is 12.7. The lowest BCUT2D eigenvalue weighted by Crippen LogP contribution is -2.19. The molecule has 1 fully saturated rings. The number of amides is 1. The molecule has 0 bridgehead atoms. The fourth-order valence-corrected chi connectivity index (χ4v) is 4.49. The van der Waals surface area contributed by atoms with Crippen LogP contribution in [0.5, 0.6) is 11.5 Å². The molecule has 7 nitrogen and oxygen atoms in total. The van der Waals surface area contributed by atoms with Crippen molar-refractivity contribution in [2.75, 3.05) is 14.2 Å². The molecule has 1 amide bonds. The molecule has 0 spiro atoms. The van der Waals surface area contributed by atoms with Crippen molar-refractivity contribution in [3.8, 4) is 28.4 Å². The van der Waals surface area contributed by atoms with Gasteiger partial charge in [0.05, 0.1) is 30.5 Å². The minimum absolute atomic E-state index is 0.199. The highest BCUT2D eigenvalue weighted by Gasteiger charge is 2.25. The molecule has 1 aliphatic rings. The first kappa shape index (κ1) is 22.5. The summed E-state index contributed by atoms with van der Waals surface area (Å²) >= 11 is 1.30. The maximum Gasteiger partial charge on any atom is 0.264 e. The highest BCUT2D eigenvalue weighted by Crippen LogP contribution is 2.35. The molecule has 1 aromatic heterocycles. The van der Waals surface area contributed by atoms with E-state index in [1.807, 2.05) is 91.1 Å². The molecule has 0 unspecified atom stereocenters. The van der Waals surface area contributed by atoms with Gasteiger partial charge in [-0.3, -0.25) is 4.79 Å². The number of para-hydroxylation sites is 2. The van der Waals surface area contributed by atoms with Crippen LogP contribution in [0.25, 0.3) is 23.0 Å². The maximum absolute atomic E-state index is 12.7. The predicted molar refractivity (Wildman–Crippen MR) is 139 cm³/mol. The Morgan fingerprint density at radius 2 is 1.66 bits per heavy atom. The van der Waals surface area contributed by atoms with Gasteiger partial charge >= 0.3 is 0 Å². The van der Waals surface area contributed by atoms with Crippen LogP contribution in [0.3, 0.4) is 0 Å². The number of nitrogens with one attached hydrogen (secondary N) is 1. The van der Waals surface area contributed by atoms with E-state index < -0.39 is 0 Å². The van der Waals surface area contributed by atoms with Gasteiger partial charge in [0.1, 0.15) is 5.69 Å². The van der Waals surface area contributed by atoms with Crippen LogP contribution in [-0.4, -0.2) is 35.1 Å². The van der Waals surface area contributed by atoms with Crippen LogP contribution in [0, 0.1) is 0 Å². The summed E-state index contributed by atoms with van der Waals surface area (Å²) in [6.45, 7) is 0. The van der Waals surface area contributed by atoms with Crippen molar-refractivity contribution in [2.24, 2.45) is 4.99 Å². The van der Waals surface area contributed by atoms with Crippen LogP contribution in [0.15, 0.2) is 95.0 Å². The van der Waals surface area contributed by atoms with Gasteiger partial charge in [-0.1, -0.05) is 36.4 Å². The first-order chi connectivity index (χ1) is 17.1. The molecule has 0 radical (unpaired) electrons. The van der Waals surface area contributed by atoms with Crippen LogP contribution in [0.2, 0.25) is 0 Å². The summed E-state index contributed by atoms with van der Waals surface area (Å²) < 4.78 is 12.7. The van der Waals surface area contributed by atoms with Crippen molar-refractivity contribution in [3.63, 3.8) is 0 Å². The van der Waals surface area contributed by atoms with E-state index in [2.05, 4.69) is 10.3 Å². The van der Waals surface area contributed by atoms with E-state index in [0.717, 1.165) is 22.5 Å². The van der Waals surface area contributed by atoms with Gasteiger partial charge in [0, 0.05) is 17.3 Å². The molecule has 8 heteroatoms. The molecule has 1 saturated heterocycles. The molecular formula is C27H22N4O3S. The quantitative estimate of drug-likeness (QED) is 0.370. The van der Waals surface area contributed by atoms with Crippen molar-refractivity contribution < 1.29 is 14.3 Å². The number of methoxy groups -OCH3 is 2. The van der Waals surface area contributed by atoms with Gasteiger partial charge in [-0.05, 0) is 60.3 Å². The van der Waals surface area contributed by atoms with Gasteiger partial charge in [0.15, 0.2) is 16.7 Å². The Balaban J connectivity index is 1.56. The molecule has 5 rings (SSSR count). The number of ether oxygens (including phenoxy) is 2. The number of hydrogen-bond acceptors (Lipinski definition) is 6. The molecule has 0 saturated carbocycles. The minimum atomic E-state index is -0.199. The molecule has 1 N–H and O–H groups in total. The number of rotatable bonds is 6. The topological polar surface area (TPSA) is 77.7 Å². The van der Waals surface area contributed by atoms with Gasteiger partial charge in [0.25, 0.3) is 5.91 Å². The fraction of sp³-hybridized carbons (Fsp3) is 0.0741. The molecule has 4 aromatic rings. The molecule has 0 aliphatic carbocycles. The highest BCUT2D eigenvalue weighted by molar-refractivity contribution is 8.18. The van der Waals surface area contributed by atoms with Gasteiger partial charge in [-0.15, -0.1) is 0 Å². The lowest BCUT2D eigenvalue weighted by molar-refractivity contribution is -0.115. The van der Waals surface area contributed by atoms with Crippen LogP contribution in [-0.2, 0) is 4.79 Å². The van der Waals surface area contributed by atoms with E-state index in [-0.39, 0.29) is 5.91 Å². The Hall–Kier alpha value is -4.30. The van der Waals surface area contributed by atoms with Crippen LogP contribution in [0.1, 0.15) is 5.56 Å². The lowest BCUT2D eigenvalue weighted by atomic mass is 10.1. The second-order valence-corrected chi connectivity index (χ2v) is 8.63. The van der Waals surface area contributed by atoms with Crippen LogP contribution in [0.4, 0.5) is 5.69 Å². The lowest BCUT2D eigenvalue weighted by Gasteiger charge is -2.09. The number of nitrogens with zero attached hydrogens (tertiary/aromatic N) is 3. The third kappa shape index (κ3) is 4.83. The second kappa shape index (κ2) is 9.90. The van der Waals surface area contributed by atoms with E-state index in [1.54, 1.807) is 18.9 Å². The first-order valence-electron chi connectivity index (χ1n) is 10.9. The summed E-state index contributed by atoms with van der Waals surface area (Å²) in [6, 6.07) is 25.0. The van der Waals surface area contributed by atoms with Crippen molar-refractivity contribution in [3.05, 3.63) is 95.5 Å². The third-order valence-electron chi connectivity index (χ3n) is 5.34. The molecule has 174 valence electrons. The van der Waals surface area contributed by atoms with Gasteiger partial charge in [-0.25, -0.2) is 9.67 Å². The summed E-state index contributed by atoms with van der Waals surface area (Å²) in [5.74, 6) is 1.03. The van der Waals surface area contributed by atoms with Crippen LogP contribution >= 0.6 is 11.8 Å². The largest absolute Gasteiger partial charge is 0.493 e. The van der Waals surface area contributed by atoms with E-state index in [9.17, 15) is 4.79 Å². The van der Waals surface area contributed by atoms with Crippen LogP contribution < -0.4 is 14.8 Å². The normalized spacial score (nSPS) is 15.4. The number of amidine groups is 1. The average Bonchev–Trinajstić information content (AvgIpc) is 3.47. The second-order valence-electron chi connectivity index (χ2n) is 7.60. The van der Waals surface area contributed by atoms with Crippen molar-refractivity contribution >= 4 is 34.6 Å². The summed E-state index contributed by atoms with van der Waals surface area (Å²) in [5.41, 5.74) is 4.03. The molecular weight excluding hydrogens is 460 g/mol. The molecule has 3 aromatic carbocycles. The number of hydrogen-bond donors (Lipinski definition) is 1. The first-order valence-corrected chi connectivity index (χ1v) is 11.7. The monoisotopic (exact) mass is 482 g/mol. The van der Waals surface area contributed by atoms with E-state index in [4.69, 9.17) is 14.6 Å². The number of aliphatic imine (C=N–C) groups is 1. The molecule has 1 aliphatic heterocycles. The van der Waals surface area contributed by atoms with E-state index >= 15 is 0 Å². The number of carbonyl (C=O) groups excluding carboxylic acids is 1. The molecule has 35 heavy (non-hydrogen) atoms. The number of thioether (sulfide) groups is 1. The van der Waals surface area contributed by atoms with Crippen molar-refractivity contribution in [1.82, 2.24) is 15.1 Å². The van der Waals surface area contributed by atoms with E-state index in [0.29, 0.717) is 27.3 Å². The summed E-state index contributed by atoms with van der Waals surface area (Å²) in [6.07, 6.45) is 3.75. The predicted octanol–water partition coefficient (Wildman–Crippen LogP) is 5.45. The number of carbonyl (C=O) groups is 1. The summed E-state index contributed by atoms with van der Waals surface area (Å²) in [4.78, 5) is 17.8. The van der Waals surface area contributed by atoms with Gasteiger partial charge in [0.2, 0.25) is 0 Å². The van der Waals surface area contributed by atoms with Gasteiger partial charge in [-0.2, -0.15) is 5.10 Å². The average molecular weight is 483 g/mol. The van der Waals surface area contributed by atoms with E-state index in [1.165, 1.54) is 11.8 Å². The fourth-order valence-electron chi connectivity index (χ4n) is 3.66. The SMILES string of the molecule is COc1ccc(-c2nn(-c3ccccc3)cc2C=C2SC(=Nc3ccccc3)NC2=O)cc1OC. The summed E-state index contributed by atoms with van der Waals surface area (Å²) in [7, 11) is 3.20. The Bertz CT molecular complexity index is 1430. The van der Waals surface area contributed by atoms with Crippen molar-refractivity contribution in [2.45, 2.75) is 0 Å². The Morgan fingerprint density at radius 1 is 0.943 bits per heavy atom. The zero-order valence-electron chi connectivity index (χ0n) is 19.1. The smallest absolute Gasteiger partial charge is 0.264 e. The highest BCUT2D eigenvalue weighted by atomic mass is 32.2. The Labute approximate surface area is 207 Å². The molecule has 2 heterocycles. The minimum Gasteiger partial charge on any atom is -0.493 e. The van der Waals surface area contributed by atoms with Crippen molar-refractivity contribution in [1.29, 1.82) is 0 Å². The summed E-state index contributed by atoms with van der Waals surface area (Å²) in [5, 5.41) is 8.22. The Morgan fingerprint density at radius 3 is 2.37 bits per heavy atom. The zero-order chi connectivity index (χ0) is 24.2. The number of benzene rings is 3.